The third-order valence-electron chi connectivity index (χ3n) is 4.98. The zero-order chi connectivity index (χ0) is 19.4. The topological polar surface area (TPSA) is 80.2 Å². The van der Waals surface area contributed by atoms with Crippen molar-refractivity contribution in [3.05, 3.63) is 23.9 Å². The highest BCUT2D eigenvalue weighted by atomic mass is 127. The van der Waals surface area contributed by atoms with E-state index >= 15 is 0 Å². The predicted octanol–water partition coefficient (Wildman–Crippen LogP) is 1.64. The molecule has 0 aromatic carbocycles. The summed E-state index contributed by atoms with van der Waals surface area (Å²) in [5.41, 5.74) is 1.16. The van der Waals surface area contributed by atoms with Crippen LogP contribution in [-0.4, -0.2) is 77.3 Å². The average Bonchev–Trinajstić information content (AvgIpc) is 3.27. The molecule has 3 heterocycles. The van der Waals surface area contributed by atoms with E-state index in [9.17, 15) is 0 Å². The monoisotopic (exact) mass is 519 g/mol. The van der Waals surface area contributed by atoms with Gasteiger partial charge in [0, 0.05) is 64.1 Å². The van der Waals surface area contributed by atoms with Crippen LogP contribution in [-0.2, 0) is 20.8 Å². The summed E-state index contributed by atoms with van der Waals surface area (Å²) in [4.78, 5) is 11.2. The van der Waals surface area contributed by atoms with Crippen molar-refractivity contribution < 1.29 is 14.2 Å². The first-order valence-electron chi connectivity index (χ1n) is 10.2. The van der Waals surface area contributed by atoms with Gasteiger partial charge in [0.2, 0.25) is 0 Å². The molecule has 0 radical (unpaired) electrons. The van der Waals surface area contributed by atoms with Gasteiger partial charge in [-0.15, -0.1) is 24.0 Å². The predicted molar refractivity (Wildman–Crippen MR) is 125 cm³/mol. The highest BCUT2D eigenvalue weighted by molar-refractivity contribution is 14.0. The molecule has 1 atom stereocenters. The Labute approximate surface area is 190 Å². The van der Waals surface area contributed by atoms with Crippen molar-refractivity contribution in [1.29, 1.82) is 0 Å². The first-order valence-corrected chi connectivity index (χ1v) is 10.2. The van der Waals surface area contributed by atoms with Gasteiger partial charge in [-0.1, -0.05) is 6.07 Å². The van der Waals surface area contributed by atoms with E-state index in [-0.39, 0.29) is 24.0 Å². The average molecular weight is 519 g/mol. The number of nitrogens with one attached hydrogen (secondary N) is 2. The zero-order valence-electron chi connectivity index (χ0n) is 17.3. The molecule has 0 bridgehead atoms. The van der Waals surface area contributed by atoms with Crippen molar-refractivity contribution in [3.63, 3.8) is 0 Å². The second kappa shape index (κ2) is 13.9. The number of guanidine groups is 1. The Morgan fingerprint density at radius 2 is 2.14 bits per heavy atom. The van der Waals surface area contributed by atoms with Crippen LogP contribution in [0.25, 0.3) is 0 Å². The van der Waals surface area contributed by atoms with Crippen molar-refractivity contribution in [2.75, 3.05) is 71.2 Å². The van der Waals surface area contributed by atoms with E-state index in [1.54, 1.807) is 7.05 Å². The smallest absolute Gasteiger partial charge is 0.191 e. The number of hydrogen-bond acceptors (Lipinski definition) is 6. The molecule has 2 fully saturated rings. The van der Waals surface area contributed by atoms with Crippen molar-refractivity contribution >= 4 is 35.8 Å². The Kier molecular flexibility index (Phi) is 11.6. The second-order valence-electron chi connectivity index (χ2n) is 7.10. The first-order chi connectivity index (χ1) is 13.9. The lowest BCUT2D eigenvalue weighted by atomic mass is 10.1. The van der Waals surface area contributed by atoms with Crippen LogP contribution in [0, 0.1) is 5.92 Å². The molecule has 0 amide bonds. The van der Waals surface area contributed by atoms with Gasteiger partial charge in [0.1, 0.15) is 5.82 Å². The van der Waals surface area contributed by atoms with Gasteiger partial charge in [-0.05, 0) is 18.9 Å². The van der Waals surface area contributed by atoms with E-state index in [0.717, 1.165) is 89.5 Å². The largest absolute Gasteiger partial charge is 0.381 e. The van der Waals surface area contributed by atoms with Gasteiger partial charge in [-0.25, -0.2) is 4.98 Å². The van der Waals surface area contributed by atoms with Crippen LogP contribution in [0.15, 0.2) is 23.3 Å². The molecular weight excluding hydrogens is 485 g/mol. The zero-order valence-corrected chi connectivity index (χ0v) is 19.6. The number of rotatable bonds is 9. The molecule has 1 aromatic heterocycles. The molecule has 3 rings (SSSR count). The number of halogens is 1. The summed E-state index contributed by atoms with van der Waals surface area (Å²) in [5.74, 6) is 2.39. The summed E-state index contributed by atoms with van der Waals surface area (Å²) in [7, 11) is 1.79. The van der Waals surface area contributed by atoms with Crippen molar-refractivity contribution in [2.24, 2.45) is 10.9 Å². The van der Waals surface area contributed by atoms with Gasteiger partial charge in [-0.2, -0.15) is 0 Å². The number of aliphatic imine (C=N–C) groups is 1. The molecule has 0 saturated carbocycles. The van der Waals surface area contributed by atoms with Gasteiger partial charge < -0.3 is 29.7 Å². The summed E-state index contributed by atoms with van der Waals surface area (Å²) in [6.45, 7) is 8.04. The van der Waals surface area contributed by atoms with Crippen LogP contribution >= 0.6 is 24.0 Å². The minimum absolute atomic E-state index is 0. The van der Waals surface area contributed by atoms with Crippen molar-refractivity contribution in [1.82, 2.24) is 15.6 Å². The number of anilines is 1. The Hall–Kier alpha value is -1.17. The summed E-state index contributed by atoms with van der Waals surface area (Å²) in [5, 5.41) is 6.73. The van der Waals surface area contributed by atoms with Gasteiger partial charge >= 0.3 is 0 Å². The molecular formula is C20H34IN5O3. The number of aromatic nitrogens is 1. The van der Waals surface area contributed by atoms with E-state index in [2.05, 4.69) is 31.6 Å². The molecule has 164 valence electrons. The van der Waals surface area contributed by atoms with Crippen LogP contribution in [0.2, 0.25) is 0 Å². The maximum absolute atomic E-state index is 5.74. The lowest BCUT2D eigenvalue weighted by Gasteiger charge is -2.29. The summed E-state index contributed by atoms with van der Waals surface area (Å²) in [6, 6.07) is 4.09. The molecule has 29 heavy (non-hydrogen) atoms. The van der Waals surface area contributed by atoms with Crippen LogP contribution in [0.1, 0.15) is 18.4 Å². The summed E-state index contributed by atoms with van der Waals surface area (Å²) >= 11 is 0. The van der Waals surface area contributed by atoms with Crippen molar-refractivity contribution in [3.8, 4) is 0 Å². The fourth-order valence-electron chi connectivity index (χ4n) is 3.37. The molecule has 1 aromatic rings. The molecule has 0 spiro atoms. The van der Waals surface area contributed by atoms with E-state index in [1.807, 2.05) is 12.3 Å². The normalized spacial score (nSPS) is 19.7. The van der Waals surface area contributed by atoms with E-state index < -0.39 is 0 Å². The molecule has 8 nitrogen and oxygen atoms in total. The first kappa shape index (κ1) is 24.1. The quantitative estimate of drug-likeness (QED) is 0.222. The molecule has 9 heteroatoms. The second-order valence-corrected chi connectivity index (χ2v) is 7.10. The SMILES string of the molecule is CN=C(NCCCOCC1CCOC1)NCc1cccnc1N1CCOCC1.I. The number of hydrogen-bond donors (Lipinski definition) is 2. The van der Waals surface area contributed by atoms with E-state index in [0.29, 0.717) is 12.5 Å². The highest BCUT2D eigenvalue weighted by Crippen LogP contribution is 2.18. The van der Waals surface area contributed by atoms with Gasteiger partial charge in [0.25, 0.3) is 0 Å². The van der Waals surface area contributed by atoms with Crippen molar-refractivity contribution in [2.45, 2.75) is 19.4 Å². The molecule has 2 aliphatic heterocycles. The molecule has 2 N–H and O–H groups in total. The van der Waals surface area contributed by atoms with Gasteiger partial charge in [-0.3, -0.25) is 4.99 Å². The number of nitrogens with zero attached hydrogens (tertiary/aromatic N) is 3. The molecule has 1 unspecified atom stereocenters. The van der Waals surface area contributed by atoms with E-state index in [4.69, 9.17) is 14.2 Å². The Bertz CT molecular complexity index is 608. The standard InChI is InChI=1S/C20H33N5O3.HI/c1-21-20(23-7-3-10-27-15-17-5-11-28-16-17)24-14-18-4-2-6-22-19(18)25-8-12-26-13-9-25;/h2,4,6,17H,3,5,7-16H2,1H3,(H2,21,23,24);1H. The van der Waals surface area contributed by atoms with Crippen LogP contribution < -0.4 is 15.5 Å². The minimum atomic E-state index is 0. The molecule has 0 aliphatic carbocycles. The van der Waals surface area contributed by atoms with Crippen LogP contribution in [0.4, 0.5) is 5.82 Å². The molecule has 2 aliphatic rings. The van der Waals surface area contributed by atoms with E-state index in [1.165, 1.54) is 0 Å². The third-order valence-corrected chi connectivity index (χ3v) is 4.98. The molecule has 2 saturated heterocycles. The van der Waals surface area contributed by atoms with Gasteiger partial charge in [0.15, 0.2) is 5.96 Å². The lowest BCUT2D eigenvalue weighted by molar-refractivity contribution is 0.0888. The highest BCUT2D eigenvalue weighted by Gasteiger charge is 2.16. The van der Waals surface area contributed by atoms with Crippen LogP contribution in [0.5, 0.6) is 0 Å². The maximum Gasteiger partial charge on any atom is 0.191 e. The number of pyridine rings is 1. The number of morpholine rings is 1. The fourth-order valence-corrected chi connectivity index (χ4v) is 3.37. The summed E-state index contributed by atoms with van der Waals surface area (Å²) in [6.07, 6.45) is 3.91. The minimum Gasteiger partial charge on any atom is -0.381 e. The van der Waals surface area contributed by atoms with Crippen LogP contribution in [0.3, 0.4) is 0 Å². The lowest BCUT2D eigenvalue weighted by Crippen LogP contribution is -2.39. The van der Waals surface area contributed by atoms with Gasteiger partial charge in [0.05, 0.1) is 26.4 Å². The maximum atomic E-state index is 5.74. The Morgan fingerprint density at radius 1 is 1.28 bits per heavy atom. The number of ether oxygens (including phenoxy) is 3. The Morgan fingerprint density at radius 3 is 2.90 bits per heavy atom. The fraction of sp³-hybridized carbons (Fsp3) is 0.700. The third kappa shape index (κ3) is 8.23. The Balaban J connectivity index is 0.00000300. The summed E-state index contributed by atoms with van der Waals surface area (Å²) < 4.78 is 16.5.